The van der Waals surface area contributed by atoms with Crippen LogP contribution in [0.15, 0.2) is 23.1 Å². The van der Waals surface area contributed by atoms with Crippen LogP contribution >= 0.6 is 0 Å². The molecule has 0 unspecified atom stereocenters. The molecule has 6 nitrogen and oxygen atoms in total. The Bertz CT molecular complexity index is 623. The van der Waals surface area contributed by atoms with E-state index in [1.807, 2.05) is 20.8 Å². The molecule has 0 aliphatic carbocycles. The number of nitrogens with zero attached hydrogens (tertiary/aromatic N) is 2. The van der Waals surface area contributed by atoms with E-state index in [1.165, 1.54) is 7.05 Å². The SMILES string of the molecule is CN(CC(C)(C)C)S(=O)(=O)c1cccc(F)c1[N+](=O)[O-]. The van der Waals surface area contributed by atoms with E-state index < -0.39 is 31.3 Å². The Kier molecular flexibility index (Phi) is 4.50. The molecule has 0 fully saturated rings. The van der Waals surface area contributed by atoms with E-state index in [2.05, 4.69) is 0 Å². The third-order valence-corrected chi connectivity index (χ3v) is 4.35. The summed E-state index contributed by atoms with van der Waals surface area (Å²) in [5.74, 6) is -1.17. The Labute approximate surface area is 117 Å². The van der Waals surface area contributed by atoms with Crippen LogP contribution in [-0.2, 0) is 10.0 Å². The summed E-state index contributed by atoms with van der Waals surface area (Å²) in [5.41, 5.74) is -1.35. The van der Waals surface area contributed by atoms with Crippen LogP contribution in [0.3, 0.4) is 0 Å². The van der Waals surface area contributed by atoms with Gasteiger partial charge < -0.3 is 0 Å². The van der Waals surface area contributed by atoms with Gasteiger partial charge >= 0.3 is 5.69 Å². The molecule has 0 radical (unpaired) electrons. The molecule has 0 N–H and O–H groups in total. The molecule has 0 aliphatic rings. The second-order valence-electron chi connectivity index (χ2n) is 5.67. The molecule has 0 saturated carbocycles. The monoisotopic (exact) mass is 304 g/mol. The average Bonchev–Trinajstić information content (AvgIpc) is 2.25. The highest BCUT2D eigenvalue weighted by atomic mass is 32.2. The van der Waals surface area contributed by atoms with E-state index in [0.29, 0.717) is 0 Å². The molecule has 0 aromatic heterocycles. The van der Waals surface area contributed by atoms with Crippen LogP contribution in [0.1, 0.15) is 20.8 Å². The topological polar surface area (TPSA) is 80.5 Å². The van der Waals surface area contributed by atoms with E-state index in [-0.39, 0.29) is 12.0 Å². The second kappa shape index (κ2) is 5.45. The predicted octanol–water partition coefficient (Wildman–Crippen LogP) is 2.40. The van der Waals surface area contributed by atoms with Crippen LogP contribution < -0.4 is 0 Å². The molecule has 0 heterocycles. The number of hydrogen-bond acceptors (Lipinski definition) is 4. The Morgan fingerprint density at radius 3 is 2.35 bits per heavy atom. The molecule has 0 amide bonds. The number of hydrogen-bond donors (Lipinski definition) is 0. The van der Waals surface area contributed by atoms with Crippen molar-refractivity contribution in [1.29, 1.82) is 0 Å². The van der Waals surface area contributed by atoms with Crippen molar-refractivity contribution in [3.05, 3.63) is 34.1 Å². The van der Waals surface area contributed by atoms with Crippen LogP contribution in [0, 0.1) is 21.3 Å². The highest BCUT2D eigenvalue weighted by Crippen LogP contribution is 2.29. The summed E-state index contributed by atoms with van der Waals surface area (Å²) in [6.45, 7) is 5.65. The maximum atomic E-state index is 13.5. The van der Waals surface area contributed by atoms with Crippen molar-refractivity contribution in [3.63, 3.8) is 0 Å². The lowest BCUT2D eigenvalue weighted by atomic mass is 9.97. The summed E-state index contributed by atoms with van der Waals surface area (Å²) in [6, 6.07) is 3.04. The highest BCUT2D eigenvalue weighted by molar-refractivity contribution is 7.89. The van der Waals surface area contributed by atoms with E-state index in [1.54, 1.807) is 0 Å². The first-order chi connectivity index (χ1) is 8.97. The predicted molar refractivity (Wildman–Crippen MR) is 72.3 cm³/mol. The Morgan fingerprint density at radius 1 is 1.35 bits per heavy atom. The lowest BCUT2D eigenvalue weighted by Gasteiger charge is -2.25. The molecule has 1 aromatic rings. The zero-order valence-electron chi connectivity index (χ0n) is 11.8. The van der Waals surface area contributed by atoms with Gasteiger partial charge in [-0.1, -0.05) is 26.8 Å². The molecule has 0 spiro atoms. The van der Waals surface area contributed by atoms with Crippen molar-refractivity contribution >= 4 is 15.7 Å². The zero-order chi connectivity index (χ0) is 15.7. The van der Waals surface area contributed by atoms with Crippen molar-refractivity contribution in [2.24, 2.45) is 5.41 Å². The number of nitro groups is 1. The summed E-state index contributed by atoms with van der Waals surface area (Å²) >= 11 is 0. The molecule has 112 valence electrons. The van der Waals surface area contributed by atoms with Gasteiger partial charge in [-0.2, -0.15) is 4.39 Å². The molecular formula is C12H17FN2O4S. The molecule has 1 aromatic carbocycles. The standard InChI is InChI=1S/C12H17FN2O4S/c1-12(2,3)8-14(4)20(18,19)10-7-5-6-9(13)11(10)15(16)17/h5-7H,8H2,1-4H3. The first kappa shape index (κ1) is 16.5. The van der Waals surface area contributed by atoms with Crippen LogP contribution in [0.5, 0.6) is 0 Å². The summed E-state index contributed by atoms with van der Waals surface area (Å²) in [7, 11) is -2.80. The van der Waals surface area contributed by atoms with Gasteiger partial charge in [0, 0.05) is 13.6 Å². The van der Waals surface area contributed by atoms with Crippen LogP contribution in [-0.4, -0.2) is 31.2 Å². The lowest BCUT2D eigenvalue weighted by Crippen LogP contribution is -2.34. The number of halogens is 1. The van der Waals surface area contributed by atoms with Crippen LogP contribution in [0.4, 0.5) is 10.1 Å². The highest BCUT2D eigenvalue weighted by Gasteiger charge is 2.33. The van der Waals surface area contributed by atoms with E-state index >= 15 is 0 Å². The molecule has 0 saturated heterocycles. The normalized spacial score (nSPS) is 12.7. The lowest BCUT2D eigenvalue weighted by molar-refractivity contribution is -0.390. The fourth-order valence-corrected chi connectivity index (χ4v) is 3.36. The van der Waals surface area contributed by atoms with Crippen molar-refractivity contribution < 1.29 is 17.7 Å². The van der Waals surface area contributed by atoms with Crippen molar-refractivity contribution in [3.8, 4) is 0 Å². The van der Waals surface area contributed by atoms with E-state index in [4.69, 9.17) is 0 Å². The number of sulfonamides is 1. The maximum Gasteiger partial charge on any atom is 0.324 e. The van der Waals surface area contributed by atoms with Gasteiger partial charge in [0.2, 0.25) is 15.8 Å². The number of rotatable bonds is 4. The van der Waals surface area contributed by atoms with Gasteiger partial charge in [-0.25, -0.2) is 12.7 Å². The second-order valence-corrected chi connectivity index (χ2v) is 7.68. The summed E-state index contributed by atoms with van der Waals surface area (Å²) in [4.78, 5) is 9.23. The van der Waals surface area contributed by atoms with Gasteiger partial charge in [0.1, 0.15) is 0 Å². The average molecular weight is 304 g/mol. The van der Waals surface area contributed by atoms with Gasteiger partial charge in [0.05, 0.1) is 4.92 Å². The quantitative estimate of drug-likeness (QED) is 0.632. The molecule has 0 aliphatic heterocycles. The molecule has 0 bridgehead atoms. The summed E-state index contributed by atoms with van der Waals surface area (Å²) < 4.78 is 39.2. The van der Waals surface area contributed by atoms with Crippen molar-refractivity contribution in [1.82, 2.24) is 4.31 Å². The van der Waals surface area contributed by atoms with E-state index in [9.17, 15) is 22.9 Å². The van der Waals surface area contributed by atoms with Gasteiger partial charge in [-0.3, -0.25) is 10.1 Å². The molecule has 20 heavy (non-hydrogen) atoms. The fraction of sp³-hybridized carbons (Fsp3) is 0.500. The van der Waals surface area contributed by atoms with Gasteiger partial charge in [-0.15, -0.1) is 0 Å². The number of benzene rings is 1. The van der Waals surface area contributed by atoms with Gasteiger partial charge in [0.15, 0.2) is 4.90 Å². The third-order valence-electron chi connectivity index (χ3n) is 2.52. The number of nitro benzene ring substituents is 1. The first-order valence-corrected chi connectivity index (χ1v) is 7.30. The van der Waals surface area contributed by atoms with Crippen molar-refractivity contribution in [2.45, 2.75) is 25.7 Å². The molecular weight excluding hydrogens is 287 g/mol. The zero-order valence-corrected chi connectivity index (χ0v) is 12.6. The third kappa shape index (κ3) is 3.51. The minimum atomic E-state index is -4.12. The maximum absolute atomic E-state index is 13.5. The van der Waals surface area contributed by atoms with E-state index in [0.717, 1.165) is 22.5 Å². The van der Waals surface area contributed by atoms with Crippen molar-refractivity contribution in [2.75, 3.05) is 13.6 Å². The fourth-order valence-electron chi connectivity index (χ4n) is 1.80. The minimum Gasteiger partial charge on any atom is -0.258 e. The van der Waals surface area contributed by atoms with Crippen LogP contribution in [0.25, 0.3) is 0 Å². The van der Waals surface area contributed by atoms with Gasteiger partial charge in [0.25, 0.3) is 0 Å². The minimum absolute atomic E-state index is 0.156. The largest absolute Gasteiger partial charge is 0.324 e. The number of para-hydroxylation sites is 1. The molecule has 1 rings (SSSR count). The summed E-state index contributed by atoms with van der Waals surface area (Å²) in [6.07, 6.45) is 0. The van der Waals surface area contributed by atoms with Crippen LogP contribution in [0.2, 0.25) is 0 Å². The van der Waals surface area contributed by atoms with Gasteiger partial charge in [-0.05, 0) is 17.5 Å². The first-order valence-electron chi connectivity index (χ1n) is 5.86. The Morgan fingerprint density at radius 2 is 1.90 bits per heavy atom. The summed E-state index contributed by atoms with van der Waals surface area (Å²) in [5, 5.41) is 10.9. The smallest absolute Gasteiger partial charge is 0.258 e. The molecule has 8 heteroatoms. The Balaban J connectivity index is 3.37. The molecule has 0 atom stereocenters. The Hall–Kier alpha value is -1.54.